The Morgan fingerprint density at radius 3 is 2.84 bits per heavy atom. The lowest BCUT2D eigenvalue weighted by Crippen LogP contribution is -2.42. The molecule has 25 heavy (non-hydrogen) atoms. The van der Waals surface area contributed by atoms with E-state index in [1.54, 1.807) is 4.90 Å². The minimum Gasteiger partial charge on any atom is -0.481 e. The monoisotopic (exact) mass is 345 g/mol. The quantitative estimate of drug-likeness (QED) is 0.899. The SMILES string of the molecule is CC(C)OCc1c(C(=O)N2CCCC(C(=O)O)C2)oc2ccccc12. The van der Waals surface area contributed by atoms with E-state index in [4.69, 9.17) is 9.15 Å². The molecule has 1 aliphatic heterocycles. The summed E-state index contributed by atoms with van der Waals surface area (Å²) in [6.07, 6.45) is 1.31. The van der Waals surface area contributed by atoms with Crippen molar-refractivity contribution in [2.24, 2.45) is 5.92 Å². The lowest BCUT2D eigenvalue weighted by molar-refractivity contribution is -0.143. The van der Waals surface area contributed by atoms with Crippen LogP contribution in [0.5, 0.6) is 0 Å². The molecule has 1 unspecified atom stereocenters. The maximum absolute atomic E-state index is 13.0. The van der Waals surface area contributed by atoms with Crippen molar-refractivity contribution in [2.45, 2.75) is 39.4 Å². The van der Waals surface area contributed by atoms with Crippen molar-refractivity contribution in [1.29, 1.82) is 0 Å². The van der Waals surface area contributed by atoms with E-state index in [0.717, 1.165) is 10.9 Å². The summed E-state index contributed by atoms with van der Waals surface area (Å²) in [5.41, 5.74) is 1.37. The number of likely N-dealkylation sites (tertiary alicyclic amines) is 1. The first-order chi connectivity index (χ1) is 12.0. The smallest absolute Gasteiger partial charge is 0.308 e. The highest BCUT2D eigenvalue weighted by Gasteiger charge is 2.32. The van der Waals surface area contributed by atoms with Crippen LogP contribution in [0.25, 0.3) is 11.0 Å². The van der Waals surface area contributed by atoms with E-state index in [1.807, 2.05) is 38.1 Å². The van der Waals surface area contributed by atoms with Crippen LogP contribution in [0.3, 0.4) is 0 Å². The Morgan fingerprint density at radius 1 is 1.36 bits per heavy atom. The molecule has 6 nitrogen and oxygen atoms in total. The summed E-state index contributed by atoms with van der Waals surface area (Å²) in [5.74, 6) is -1.37. The molecule has 1 saturated heterocycles. The Hall–Kier alpha value is -2.34. The number of carboxylic acids is 1. The van der Waals surface area contributed by atoms with Gasteiger partial charge in [-0.2, -0.15) is 0 Å². The van der Waals surface area contributed by atoms with Gasteiger partial charge in [-0.25, -0.2) is 0 Å². The van der Waals surface area contributed by atoms with Gasteiger partial charge in [-0.05, 0) is 32.8 Å². The van der Waals surface area contributed by atoms with Crippen molar-refractivity contribution < 1.29 is 23.8 Å². The standard InChI is InChI=1S/C19H23NO5/c1-12(2)24-11-15-14-7-3-4-8-16(14)25-17(15)18(21)20-9-5-6-13(10-20)19(22)23/h3-4,7-8,12-13H,5-6,9-11H2,1-2H3,(H,22,23). The minimum atomic E-state index is -0.856. The number of para-hydroxylation sites is 1. The second-order valence-corrected chi connectivity index (χ2v) is 6.69. The van der Waals surface area contributed by atoms with Gasteiger partial charge in [0.2, 0.25) is 0 Å². The molecule has 0 spiro atoms. The van der Waals surface area contributed by atoms with Crippen LogP contribution in [0.15, 0.2) is 28.7 Å². The number of nitrogens with zero attached hydrogens (tertiary/aromatic N) is 1. The van der Waals surface area contributed by atoms with Crippen LogP contribution < -0.4 is 0 Å². The fourth-order valence-electron chi connectivity index (χ4n) is 3.17. The van der Waals surface area contributed by atoms with Crippen LogP contribution in [-0.2, 0) is 16.1 Å². The molecule has 0 bridgehead atoms. The number of aliphatic carboxylic acids is 1. The number of ether oxygens (including phenoxy) is 1. The number of benzene rings is 1. The molecule has 1 aromatic carbocycles. The number of hydrogen-bond donors (Lipinski definition) is 1. The average Bonchev–Trinajstić information content (AvgIpc) is 2.98. The van der Waals surface area contributed by atoms with Crippen LogP contribution >= 0.6 is 0 Å². The number of rotatable bonds is 5. The van der Waals surface area contributed by atoms with Gasteiger partial charge < -0.3 is 19.2 Å². The van der Waals surface area contributed by atoms with Crippen LogP contribution in [-0.4, -0.2) is 41.1 Å². The second kappa shape index (κ2) is 7.27. The fraction of sp³-hybridized carbons (Fsp3) is 0.474. The van der Waals surface area contributed by atoms with E-state index in [2.05, 4.69) is 0 Å². The summed E-state index contributed by atoms with van der Waals surface area (Å²) in [4.78, 5) is 25.8. The van der Waals surface area contributed by atoms with Crippen molar-refractivity contribution in [2.75, 3.05) is 13.1 Å². The highest BCUT2D eigenvalue weighted by atomic mass is 16.5. The number of hydrogen-bond acceptors (Lipinski definition) is 4. The van der Waals surface area contributed by atoms with Gasteiger partial charge in [0.15, 0.2) is 5.76 Å². The molecule has 1 aliphatic rings. The van der Waals surface area contributed by atoms with Crippen molar-refractivity contribution >= 4 is 22.8 Å². The molecule has 2 heterocycles. The predicted octanol–water partition coefficient (Wildman–Crippen LogP) is 3.29. The highest BCUT2D eigenvalue weighted by Crippen LogP contribution is 2.29. The third kappa shape index (κ3) is 3.69. The van der Waals surface area contributed by atoms with Crippen molar-refractivity contribution in [3.63, 3.8) is 0 Å². The third-order valence-corrected chi connectivity index (χ3v) is 4.51. The molecular weight excluding hydrogens is 322 g/mol. The number of carboxylic acid groups (broad SMARTS) is 1. The molecule has 3 rings (SSSR count). The number of furan rings is 1. The number of amides is 1. The topological polar surface area (TPSA) is 80.0 Å². The van der Waals surface area contributed by atoms with Crippen molar-refractivity contribution in [1.82, 2.24) is 4.90 Å². The van der Waals surface area contributed by atoms with E-state index in [0.29, 0.717) is 25.0 Å². The van der Waals surface area contributed by atoms with E-state index in [1.165, 1.54) is 0 Å². The predicted molar refractivity (Wildman–Crippen MR) is 92.4 cm³/mol. The van der Waals surface area contributed by atoms with Crippen LogP contribution in [0.1, 0.15) is 42.8 Å². The first-order valence-electron chi connectivity index (χ1n) is 8.61. The molecule has 1 N–H and O–H groups in total. The van der Waals surface area contributed by atoms with Gasteiger partial charge >= 0.3 is 5.97 Å². The molecule has 1 atom stereocenters. The molecule has 1 amide bonds. The van der Waals surface area contributed by atoms with Gasteiger partial charge in [0.25, 0.3) is 5.91 Å². The Morgan fingerprint density at radius 2 is 2.12 bits per heavy atom. The summed E-state index contributed by atoms with van der Waals surface area (Å²) >= 11 is 0. The van der Waals surface area contributed by atoms with Crippen LogP contribution in [0.4, 0.5) is 0 Å². The first-order valence-corrected chi connectivity index (χ1v) is 8.61. The molecule has 0 aliphatic carbocycles. The van der Waals surface area contributed by atoms with Gasteiger partial charge in [0.05, 0.1) is 18.6 Å². The third-order valence-electron chi connectivity index (χ3n) is 4.51. The van der Waals surface area contributed by atoms with E-state index in [9.17, 15) is 14.7 Å². The van der Waals surface area contributed by atoms with E-state index < -0.39 is 11.9 Å². The van der Waals surface area contributed by atoms with Gasteiger partial charge in [-0.3, -0.25) is 9.59 Å². The molecule has 2 aromatic rings. The molecule has 1 fully saturated rings. The second-order valence-electron chi connectivity index (χ2n) is 6.69. The molecule has 0 radical (unpaired) electrons. The number of carbonyl (C=O) groups is 2. The summed E-state index contributed by atoms with van der Waals surface area (Å²) in [5, 5.41) is 10.1. The maximum Gasteiger partial charge on any atom is 0.308 e. The fourth-order valence-corrected chi connectivity index (χ4v) is 3.17. The molecule has 1 aromatic heterocycles. The Balaban J connectivity index is 1.92. The maximum atomic E-state index is 13.0. The summed E-state index contributed by atoms with van der Waals surface area (Å²) in [6.45, 7) is 4.92. The zero-order valence-corrected chi connectivity index (χ0v) is 14.5. The van der Waals surface area contributed by atoms with Crippen LogP contribution in [0.2, 0.25) is 0 Å². The van der Waals surface area contributed by atoms with Gasteiger partial charge in [0, 0.05) is 24.0 Å². The van der Waals surface area contributed by atoms with Crippen molar-refractivity contribution in [3.8, 4) is 0 Å². The molecule has 0 saturated carbocycles. The zero-order chi connectivity index (χ0) is 18.0. The number of piperidine rings is 1. The zero-order valence-electron chi connectivity index (χ0n) is 14.5. The van der Waals surface area contributed by atoms with Gasteiger partial charge in [-0.15, -0.1) is 0 Å². The number of fused-ring (bicyclic) bond motifs is 1. The van der Waals surface area contributed by atoms with Crippen LogP contribution in [0, 0.1) is 5.92 Å². The lowest BCUT2D eigenvalue weighted by atomic mass is 9.98. The molecule has 134 valence electrons. The van der Waals surface area contributed by atoms with Crippen molar-refractivity contribution in [3.05, 3.63) is 35.6 Å². The Kier molecular flexibility index (Phi) is 5.08. The molecular formula is C19H23NO5. The minimum absolute atomic E-state index is 0.0305. The first kappa shape index (κ1) is 17.5. The Bertz CT molecular complexity index is 779. The van der Waals surface area contributed by atoms with E-state index in [-0.39, 0.29) is 30.9 Å². The van der Waals surface area contributed by atoms with E-state index >= 15 is 0 Å². The average molecular weight is 345 g/mol. The molecule has 6 heteroatoms. The van der Waals surface area contributed by atoms with Gasteiger partial charge in [-0.1, -0.05) is 18.2 Å². The summed E-state index contributed by atoms with van der Waals surface area (Å²) < 4.78 is 11.5. The lowest BCUT2D eigenvalue weighted by Gasteiger charge is -2.30. The summed E-state index contributed by atoms with van der Waals surface area (Å²) in [6, 6.07) is 7.48. The van der Waals surface area contributed by atoms with Gasteiger partial charge in [0.1, 0.15) is 5.58 Å². The summed E-state index contributed by atoms with van der Waals surface area (Å²) in [7, 11) is 0. The normalized spacial score (nSPS) is 18.0. The highest BCUT2D eigenvalue weighted by molar-refractivity contribution is 5.99. The number of carbonyl (C=O) groups excluding carboxylic acids is 1. The Labute approximate surface area is 146 Å². The largest absolute Gasteiger partial charge is 0.481 e.